The minimum atomic E-state index is -3.55. The van der Waals surface area contributed by atoms with Gasteiger partial charge in [0.05, 0.1) is 0 Å². The molecule has 1 heterocycles. The van der Waals surface area contributed by atoms with Gasteiger partial charge in [0.1, 0.15) is 0 Å². The number of nitrogens with one attached hydrogen (secondary N) is 1. The van der Waals surface area contributed by atoms with Crippen molar-refractivity contribution in [1.82, 2.24) is 13.9 Å². The molecule has 1 amide bonds. The van der Waals surface area contributed by atoms with Crippen LogP contribution in [0, 0.1) is 18.8 Å². The van der Waals surface area contributed by atoms with E-state index in [-0.39, 0.29) is 23.8 Å². The van der Waals surface area contributed by atoms with E-state index in [2.05, 4.69) is 4.72 Å². The first-order valence-corrected chi connectivity index (χ1v) is 10.1. The number of carbonyl (C=O) groups excluding carboxylic acids is 1. The van der Waals surface area contributed by atoms with Crippen LogP contribution in [0.5, 0.6) is 0 Å². The predicted octanol–water partition coefficient (Wildman–Crippen LogP) is 2.14. The molecule has 6 nitrogen and oxygen atoms in total. The Hall–Kier alpha value is -1.15. The second-order valence-electron chi connectivity index (χ2n) is 7.09. The fourth-order valence-corrected chi connectivity index (χ4v) is 4.20. The molecule has 1 N–H and O–H groups in total. The second-order valence-corrected chi connectivity index (χ2v) is 9.44. The Balaban J connectivity index is 2.22. The van der Waals surface area contributed by atoms with E-state index in [4.69, 9.17) is 11.6 Å². The third-order valence-corrected chi connectivity index (χ3v) is 6.51. The minimum Gasteiger partial charge on any atom is -0.337 e. The maximum atomic E-state index is 12.9. The highest BCUT2D eigenvalue weighted by molar-refractivity contribution is 7.87. The smallest absolute Gasteiger partial charge is 0.279 e. The summed E-state index contributed by atoms with van der Waals surface area (Å²) in [5, 5.41) is 0.590. The van der Waals surface area contributed by atoms with E-state index in [1.54, 1.807) is 23.1 Å². The molecule has 1 aliphatic rings. The zero-order chi connectivity index (χ0) is 18.9. The van der Waals surface area contributed by atoms with Crippen molar-refractivity contribution in [2.45, 2.75) is 26.8 Å². The Labute approximate surface area is 155 Å². The van der Waals surface area contributed by atoms with Crippen LogP contribution < -0.4 is 4.72 Å². The van der Waals surface area contributed by atoms with Crippen molar-refractivity contribution in [3.8, 4) is 0 Å². The third-order valence-electron chi connectivity index (χ3n) is 4.71. The summed E-state index contributed by atoms with van der Waals surface area (Å²) < 4.78 is 28.3. The Morgan fingerprint density at radius 3 is 2.48 bits per heavy atom. The van der Waals surface area contributed by atoms with Gasteiger partial charge in [0.15, 0.2) is 0 Å². The molecule has 140 valence electrons. The highest BCUT2D eigenvalue weighted by Crippen LogP contribution is 2.27. The number of benzene rings is 1. The number of carbonyl (C=O) groups is 1. The van der Waals surface area contributed by atoms with Gasteiger partial charge < -0.3 is 4.90 Å². The minimum absolute atomic E-state index is 0.0614. The first-order chi connectivity index (χ1) is 11.5. The molecule has 2 unspecified atom stereocenters. The van der Waals surface area contributed by atoms with Crippen LogP contribution in [0.3, 0.4) is 0 Å². The number of nitrogens with zero attached hydrogens (tertiary/aromatic N) is 2. The first kappa shape index (κ1) is 20.2. The summed E-state index contributed by atoms with van der Waals surface area (Å²) in [6, 6.07) is 4.88. The molecular formula is C17H26ClN3O3S. The van der Waals surface area contributed by atoms with Gasteiger partial charge >= 0.3 is 0 Å². The Morgan fingerprint density at radius 1 is 1.32 bits per heavy atom. The summed E-state index contributed by atoms with van der Waals surface area (Å²) in [5.41, 5.74) is 1.42. The molecule has 0 bridgehead atoms. The average molecular weight is 388 g/mol. The Bertz CT molecular complexity index is 750. The molecule has 1 fully saturated rings. The lowest BCUT2D eigenvalue weighted by molar-refractivity contribution is 0.0782. The standard InChI is InChI=1S/C17H26ClN3O3S/c1-11(2)15-9-21(10-16(15)19-25(23,24)20(4)5)17(22)14-7-6-13(18)8-12(14)3/h6-8,11,15-16,19H,9-10H2,1-5H3. The van der Waals surface area contributed by atoms with E-state index in [1.807, 2.05) is 20.8 Å². The van der Waals surface area contributed by atoms with Crippen LogP contribution in [0.15, 0.2) is 18.2 Å². The molecule has 2 rings (SSSR count). The lowest BCUT2D eigenvalue weighted by Gasteiger charge is -2.24. The second kappa shape index (κ2) is 7.61. The number of rotatable bonds is 5. The molecule has 1 aliphatic heterocycles. The first-order valence-electron chi connectivity index (χ1n) is 8.28. The van der Waals surface area contributed by atoms with Gasteiger partial charge in [-0.25, -0.2) is 0 Å². The number of hydrogen-bond donors (Lipinski definition) is 1. The van der Waals surface area contributed by atoms with Crippen LogP contribution in [0.25, 0.3) is 0 Å². The van der Waals surface area contributed by atoms with E-state index in [0.717, 1.165) is 9.87 Å². The lowest BCUT2D eigenvalue weighted by atomic mass is 9.92. The lowest BCUT2D eigenvalue weighted by Crippen LogP contribution is -2.46. The molecule has 0 aliphatic carbocycles. The van der Waals surface area contributed by atoms with Crippen molar-refractivity contribution in [3.05, 3.63) is 34.3 Å². The van der Waals surface area contributed by atoms with Crippen molar-refractivity contribution >= 4 is 27.7 Å². The molecule has 25 heavy (non-hydrogen) atoms. The highest BCUT2D eigenvalue weighted by atomic mass is 35.5. The van der Waals surface area contributed by atoms with Gasteiger partial charge in [-0.3, -0.25) is 4.79 Å². The van der Waals surface area contributed by atoms with Gasteiger partial charge in [0.25, 0.3) is 16.1 Å². The van der Waals surface area contributed by atoms with E-state index in [1.165, 1.54) is 14.1 Å². The van der Waals surface area contributed by atoms with Crippen LogP contribution in [-0.2, 0) is 10.2 Å². The zero-order valence-electron chi connectivity index (χ0n) is 15.3. The number of halogens is 1. The Kier molecular flexibility index (Phi) is 6.14. The van der Waals surface area contributed by atoms with Crippen LogP contribution in [0.4, 0.5) is 0 Å². The van der Waals surface area contributed by atoms with Gasteiger partial charge in [-0.1, -0.05) is 25.4 Å². The van der Waals surface area contributed by atoms with Crippen molar-refractivity contribution in [1.29, 1.82) is 0 Å². The summed E-state index contributed by atoms with van der Waals surface area (Å²) in [5.74, 6) is 0.219. The van der Waals surface area contributed by atoms with Crippen molar-refractivity contribution in [2.24, 2.45) is 11.8 Å². The Morgan fingerprint density at radius 2 is 1.96 bits per heavy atom. The fourth-order valence-electron chi connectivity index (χ4n) is 3.13. The molecule has 2 atom stereocenters. The fraction of sp³-hybridized carbons (Fsp3) is 0.588. The topological polar surface area (TPSA) is 69.7 Å². The predicted molar refractivity (Wildman–Crippen MR) is 100.0 cm³/mol. The molecule has 0 spiro atoms. The third kappa shape index (κ3) is 4.53. The van der Waals surface area contributed by atoms with Gasteiger partial charge in [-0.2, -0.15) is 17.4 Å². The number of amides is 1. The summed E-state index contributed by atoms with van der Waals surface area (Å²) in [6.45, 7) is 6.82. The number of aryl methyl sites for hydroxylation is 1. The summed E-state index contributed by atoms with van der Waals surface area (Å²) >= 11 is 5.97. The van der Waals surface area contributed by atoms with Crippen molar-refractivity contribution < 1.29 is 13.2 Å². The molecule has 1 aromatic carbocycles. The molecule has 0 aromatic heterocycles. The van der Waals surface area contributed by atoms with Crippen LogP contribution >= 0.6 is 11.6 Å². The van der Waals surface area contributed by atoms with E-state index >= 15 is 0 Å². The molecular weight excluding hydrogens is 362 g/mol. The number of hydrogen-bond acceptors (Lipinski definition) is 3. The van der Waals surface area contributed by atoms with Gasteiger partial charge in [0, 0.05) is 43.8 Å². The summed E-state index contributed by atoms with van der Waals surface area (Å²) in [7, 11) is -0.572. The van der Waals surface area contributed by atoms with Gasteiger partial charge in [-0.05, 0) is 42.5 Å². The van der Waals surface area contributed by atoms with Crippen LogP contribution in [-0.4, -0.2) is 56.8 Å². The quantitative estimate of drug-likeness (QED) is 0.841. The van der Waals surface area contributed by atoms with Crippen LogP contribution in [0.1, 0.15) is 29.8 Å². The average Bonchev–Trinajstić information content (AvgIpc) is 2.89. The normalized spacial score (nSPS) is 21.4. The largest absolute Gasteiger partial charge is 0.337 e. The monoisotopic (exact) mass is 387 g/mol. The van der Waals surface area contributed by atoms with E-state index in [0.29, 0.717) is 23.7 Å². The van der Waals surface area contributed by atoms with Crippen molar-refractivity contribution in [3.63, 3.8) is 0 Å². The van der Waals surface area contributed by atoms with E-state index < -0.39 is 10.2 Å². The summed E-state index contributed by atoms with van der Waals surface area (Å²) in [4.78, 5) is 14.6. The maximum Gasteiger partial charge on any atom is 0.279 e. The zero-order valence-corrected chi connectivity index (χ0v) is 16.9. The van der Waals surface area contributed by atoms with Crippen LogP contribution in [0.2, 0.25) is 5.02 Å². The molecule has 8 heteroatoms. The SMILES string of the molecule is Cc1cc(Cl)ccc1C(=O)N1CC(NS(=O)(=O)N(C)C)C(C(C)C)C1. The highest BCUT2D eigenvalue weighted by Gasteiger charge is 2.39. The van der Waals surface area contributed by atoms with Crippen molar-refractivity contribution in [2.75, 3.05) is 27.2 Å². The van der Waals surface area contributed by atoms with E-state index in [9.17, 15) is 13.2 Å². The molecule has 1 saturated heterocycles. The molecule has 1 aromatic rings. The maximum absolute atomic E-state index is 12.9. The van der Waals surface area contributed by atoms with Gasteiger partial charge in [-0.15, -0.1) is 0 Å². The number of likely N-dealkylation sites (tertiary alicyclic amines) is 1. The summed E-state index contributed by atoms with van der Waals surface area (Å²) in [6.07, 6.45) is 0. The molecule has 0 saturated carbocycles. The molecule has 0 radical (unpaired) electrons. The van der Waals surface area contributed by atoms with Gasteiger partial charge in [0.2, 0.25) is 0 Å².